The predicted octanol–water partition coefficient (Wildman–Crippen LogP) is 2.94. The number of benzene rings is 1. The Morgan fingerprint density at radius 3 is 2.75 bits per heavy atom. The van der Waals surface area contributed by atoms with E-state index >= 15 is 0 Å². The second kappa shape index (κ2) is 9.12. The van der Waals surface area contributed by atoms with Gasteiger partial charge in [-0.1, -0.05) is 36.8 Å². The van der Waals surface area contributed by atoms with Gasteiger partial charge < -0.3 is 10.6 Å². The van der Waals surface area contributed by atoms with E-state index in [1.165, 1.54) is 27.8 Å². The molecule has 0 saturated carbocycles. The van der Waals surface area contributed by atoms with Crippen molar-refractivity contribution in [3.05, 3.63) is 51.9 Å². The van der Waals surface area contributed by atoms with Crippen LogP contribution < -0.4 is 16.2 Å². The number of aromatic nitrogens is 2. The van der Waals surface area contributed by atoms with Gasteiger partial charge in [-0.25, -0.2) is 4.98 Å². The van der Waals surface area contributed by atoms with E-state index in [9.17, 15) is 9.59 Å². The molecule has 3 rings (SSSR count). The Balaban J connectivity index is 1.75. The number of amides is 1. The van der Waals surface area contributed by atoms with Crippen LogP contribution in [0, 0.1) is 6.92 Å². The highest BCUT2D eigenvalue weighted by Gasteiger charge is 2.14. The minimum absolute atomic E-state index is 0.0687. The Labute approximate surface area is 168 Å². The molecule has 2 heterocycles. The lowest BCUT2D eigenvalue weighted by Gasteiger charge is -2.13. The summed E-state index contributed by atoms with van der Waals surface area (Å²) in [6.45, 7) is 7.84. The van der Waals surface area contributed by atoms with E-state index in [-0.39, 0.29) is 23.9 Å². The first-order valence-electron chi connectivity index (χ1n) is 9.53. The smallest absolute Gasteiger partial charge is 0.262 e. The number of nitrogens with zero attached hydrogens (tertiary/aromatic N) is 2. The van der Waals surface area contributed by atoms with Crippen LogP contribution in [0.5, 0.6) is 0 Å². The Morgan fingerprint density at radius 2 is 2.04 bits per heavy atom. The van der Waals surface area contributed by atoms with Gasteiger partial charge >= 0.3 is 0 Å². The summed E-state index contributed by atoms with van der Waals surface area (Å²) < 4.78 is 1.53. The van der Waals surface area contributed by atoms with Crippen molar-refractivity contribution in [1.29, 1.82) is 0 Å². The van der Waals surface area contributed by atoms with E-state index < -0.39 is 0 Å². The average Bonchev–Trinajstić information content (AvgIpc) is 3.11. The fourth-order valence-corrected chi connectivity index (χ4v) is 3.98. The molecule has 0 spiro atoms. The van der Waals surface area contributed by atoms with Crippen LogP contribution in [-0.2, 0) is 11.3 Å². The van der Waals surface area contributed by atoms with Gasteiger partial charge in [0.05, 0.1) is 11.7 Å². The summed E-state index contributed by atoms with van der Waals surface area (Å²) in [6.07, 6.45) is 1.78. The Hall–Kier alpha value is -2.51. The van der Waals surface area contributed by atoms with E-state index in [4.69, 9.17) is 0 Å². The van der Waals surface area contributed by atoms with Crippen LogP contribution >= 0.6 is 11.3 Å². The van der Waals surface area contributed by atoms with Gasteiger partial charge in [0.1, 0.15) is 4.83 Å². The van der Waals surface area contributed by atoms with Crippen molar-refractivity contribution < 1.29 is 4.79 Å². The molecule has 28 heavy (non-hydrogen) atoms. The molecule has 7 heteroatoms. The molecule has 3 aromatic rings. The number of likely N-dealkylation sites (N-methyl/N-ethyl adjacent to an activating group) is 1. The lowest BCUT2D eigenvalue weighted by atomic mass is 10.1. The first-order chi connectivity index (χ1) is 13.5. The SMILES string of the molecule is CCN[C@H](C)CNC(=O)CCn1cnc2scc(-c3ccc(C)cc3)c2c1=O. The van der Waals surface area contributed by atoms with Gasteiger partial charge in [0.15, 0.2) is 0 Å². The highest BCUT2D eigenvalue weighted by Crippen LogP contribution is 2.30. The predicted molar refractivity (Wildman–Crippen MR) is 115 cm³/mol. The Morgan fingerprint density at radius 1 is 1.29 bits per heavy atom. The molecule has 2 aromatic heterocycles. The summed E-state index contributed by atoms with van der Waals surface area (Å²) in [4.78, 5) is 30.2. The van der Waals surface area contributed by atoms with Crippen LogP contribution in [0.3, 0.4) is 0 Å². The average molecular weight is 399 g/mol. The number of thiophene rings is 1. The Kier molecular flexibility index (Phi) is 6.59. The zero-order valence-electron chi connectivity index (χ0n) is 16.5. The lowest BCUT2D eigenvalue weighted by Crippen LogP contribution is -2.39. The van der Waals surface area contributed by atoms with Gasteiger partial charge in [-0.05, 0) is 26.0 Å². The quantitative estimate of drug-likeness (QED) is 0.612. The van der Waals surface area contributed by atoms with Gasteiger partial charge in [0.2, 0.25) is 5.91 Å². The molecule has 0 radical (unpaired) electrons. The Bertz CT molecular complexity index is 1010. The molecular weight excluding hydrogens is 372 g/mol. The summed E-state index contributed by atoms with van der Waals surface area (Å²) in [6, 6.07) is 8.33. The van der Waals surface area contributed by atoms with Gasteiger partial charge in [0.25, 0.3) is 5.56 Å². The molecule has 0 aliphatic heterocycles. The number of aryl methyl sites for hydroxylation is 2. The molecule has 0 aliphatic carbocycles. The van der Waals surface area contributed by atoms with E-state index in [0.717, 1.165) is 22.5 Å². The third-order valence-electron chi connectivity index (χ3n) is 4.66. The second-order valence-corrected chi connectivity index (χ2v) is 7.81. The molecule has 2 N–H and O–H groups in total. The minimum Gasteiger partial charge on any atom is -0.354 e. The number of rotatable bonds is 8. The molecule has 0 fully saturated rings. The molecular formula is C21H26N4O2S. The van der Waals surface area contributed by atoms with Crippen LogP contribution in [0.1, 0.15) is 25.8 Å². The third-order valence-corrected chi connectivity index (χ3v) is 5.55. The van der Waals surface area contributed by atoms with Crippen LogP contribution in [0.25, 0.3) is 21.3 Å². The summed E-state index contributed by atoms with van der Waals surface area (Å²) in [5, 5.41) is 8.74. The van der Waals surface area contributed by atoms with Crippen LogP contribution in [0.4, 0.5) is 0 Å². The summed E-state index contributed by atoms with van der Waals surface area (Å²) in [5.74, 6) is -0.0687. The van der Waals surface area contributed by atoms with Crippen molar-refractivity contribution in [2.75, 3.05) is 13.1 Å². The molecule has 6 nitrogen and oxygen atoms in total. The van der Waals surface area contributed by atoms with Crippen molar-refractivity contribution in [3.8, 4) is 11.1 Å². The highest BCUT2D eigenvalue weighted by atomic mass is 32.1. The van der Waals surface area contributed by atoms with Crippen molar-refractivity contribution in [2.24, 2.45) is 0 Å². The molecule has 0 unspecified atom stereocenters. The van der Waals surface area contributed by atoms with E-state index in [1.807, 2.05) is 50.4 Å². The summed E-state index contributed by atoms with van der Waals surface area (Å²) in [7, 11) is 0. The third kappa shape index (κ3) is 4.66. The molecule has 1 atom stereocenters. The normalized spacial score (nSPS) is 12.2. The van der Waals surface area contributed by atoms with Gasteiger partial charge in [-0.3, -0.25) is 14.2 Å². The van der Waals surface area contributed by atoms with E-state index in [0.29, 0.717) is 18.5 Å². The molecule has 148 valence electrons. The number of fused-ring (bicyclic) bond motifs is 1. The molecule has 1 amide bonds. The summed E-state index contributed by atoms with van der Waals surface area (Å²) in [5.41, 5.74) is 2.98. The standard InChI is InChI=1S/C21H26N4O2S/c1-4-22-15(3)11-23-18(26)9-10-25-13-24-20-19(21(25)27)17(12-28-20)16-7-5-14(2)6-8-16/h5-8,12-13,15,22H,4,9-11H2,1-3H3,(H,23,26)/t15-/m1/s1. The zero-order valence-corrected chi connectivity index (χ0v) is 17.3. The maximum absolute atomic E-state index is 13.0. The number of nitrogens with one attached hydrogen (secondary N) is 2. The van der Waals surface area contributed by atoms with Crippen molar-refractivity contribution in [2.45, 2.75) is 39.8 Å². The molecule has 1 aromatic carbocycles. The number of carbonyl (C=O) groups is 1. The molecule has 0 aliphatic rings. The van der Waals surface area contributed by atoms with Gasteiger partial charge in [0, 0.05) is 36.5 Å². The number of hydrogen-bond acceptors (Lipinski definition) is 5. The van der Waals surface area contributed by atoms with Crippen molar-refractivity contribution in [3.63, 3.8) is 0 Å². The highest BCUT2D eigenvalue weighted by molar-refractivity contribution is 7.17. The van der Waals surface area contributed by atoms with Crippen LogP contribution in [0.15, 0.2) is 40.8 Å². The number of carbonyl (C=O) groups excluding carboxylic acids is 1. The van der Waals surface area contributed by atoms with E-state index in [1.54, 1.807) is 0 Å². The van der Waals surface area contributed by atoms with Crippen molar-refractivity contribution in [1.82, 2.24) is 20.2 Å². The fourth-order valence-electron chi connectivity index (χ4n) is 3.07. The maximum Gasteiger partial charge on any atom is 0.262 e. The minimum atomic E-state index is -0.101. The van der Waals surface area contributed by atoms with Crippen LogP contribution in [-0.4, -0.2) is 34.6 Å². The summed E-state index contributed by atoms with van der Waals surface area (Å²) >= 11 is 1.47. The maximum atomic E-state index is 13.0. The lowest BCUT2D eigenvalue weighted by molar-refractivity contribution is -0.121. The second-order valence-electron chi connectivity index (χ2n) is 6.95. The first-order valence-corrected chi connectivity index (χ1v) is 10.4. The zero-order chi connectivity index (χ0) is 20.1. The largest absolute Gasteiger partial charge is 0.354 e. The first kappa shape index (κ1) is 20.2. The number of hydrogen-bond donors (Lipinski definition) is 2. The monoisotopic (exact) mass is 398 g/mol. The van der Waals surface area contributed by atoms with Crippen LogP contribution in [0.2, 0.25) is 0 Å². The van der Waals surface area contributed by atoms with E-state index in [2.05, 4.69) is 15.6 Å². The molecule has 0 saturated heterocycles. The topological polar surface area (TPSA) is 76.0 Å². The van der Waals surface area contributed by atoms with Crippen molar-refractivity contribution >= 4 is 27.5 Å². The molecule has 0 bridgehead atoms. The fraction of sp³-hybridized carbons (Fsp3) is 0.381. The van der Waals surface area contributed by atoms with Gasteiger partial charge in [-0.15, -0.1) is 11.3 Å². The van der Waals surface area contributed by atoms with Gasteiger partial charge in [-0.2, -0.15) is 0 Å².